The van der Waals surface area contributed by atoms with E-state index in [1.165, 1.54) is 24.0 Å². The molecule has 0 spiro atoms. The maximum absolute atomic E-state index is 12.5. The molecule has 1 aliphatic carbocycles. The smallest absolute Gasteiger partial charge is 0.168 e. The summed E-state index contributed by atoms with van der Waals surface area (Å²) >= 11 is 5.71. The summed E-state index contributed by atoms with van der Waals surface area (Å²) < 4.78 is 1.96. The quantitative estimate of drug-likeness (QED) is 0.486. The molecule has 0 aromatic heterocycles. The lowest BCUT2D eigenvalue weighted by atomic mass is 10.00. The van der Waals surface area contributed by atoms with Crippen molar-refractivity contribution < 1.29 is 4.79 Å². The van der Waals surface area contributed by atoms with Crippen molar-refractivity contribution in [2.45, 2.75) is 25.7 Å². The molecule has 102 valence electrons. The molecule has 0 amide bonds. The van der Waals surface area contributed by atoms with E-state index in [1.807, 2.05) is 18.2 Å². The topological polar surface area (TPSA) is 17.1 Å². The molecule has 20 heavy (non-hydrogen) atoms. The van der Waals surface area contributed by atoms with Crippen molar-refractivity contribution in [3.05, 3.63) is 66.7 Å². The molecule has 0 saturated carbocycles. The second-order valence-corrected chi connectivity index (χ2v) is 7.28. The van der Waals surface area contributed by atoms with Crippen molar-refractivity contribution >= 4 is 44.3 Å². The zero-order valence-corrected chi connectivity index (χ0v) is 14.7. The second kappa shape index (κ2) is 5.98. The van der Waals surface area contributed by atoms with Crippen molar-refractivity contribution in [2.75, 3.05) is 0 Å². The van der Waals surface area contributed by atoms with Gasteiger partial charge in [0, 0.05) is 20.0 Å². The summed E-state index contributed by atoms with van der Waals surface area (Å²) in [4.78, 5) is 12.5. The molecule has 0 radical (unpaired) electrons. The first-order chi connectivity index (χ1) is 9.63. The molecular formula is C17H14BrIO. The number of carbonyl (C=O) groups excluding carboxylic acids is 1. The molecule has 3 heteroatoms. The fraction of sp³-hybridized carbons (Fsp3) is 0.235. The van der Waals surface area contributed by atoms with Gasteiger partial charge in [-0.1, -0.05) is 34.1 Å². The average molecular weight is 441 g/mol. The summed E-state index contributed by atoms with van der Waals surface area (Å²) in [5.74, 6) is 0.174. The van der Waals surface area contributed by atoms with E-state index in [1.54, 1.807) is 0 Å². The molecule has 2 aromatic carbocycles. The van der Waals surface area contributed by atoms with Crippen LogP contribution < -0.4 is 0 Å². The van der Waals surface area contributed by atoms with E-state index in [9.17, 15) is 4.79 Å². The molecule has 2 aromatic rings. The molecule has 0 atom stereocenters. The fourth-order valence-electron chi connectivity index (χ4n) is 2.73. The third-order valence-electron chi connectivity index (χ3n) is 3.76. The van der Waals surface area contributed by atoms with Crippen molar-refractivity contribution in [3.8, 4) is 0 Å². The Bertz CT molecular complexity index is 679. The first-order valence-electron chi connectivity index (χ1n) is 6.72. The van der Waals surface area contributed by atoms with Gasteiger partial charge in [-0.15, -0.1) is 0 Å². The summed E-state index contributed by atoms with van der Waals surface area (Å²) in [5.41, 5.74) is 4.78. The predicted molar refractivity (Wildman–Crippen MR) is 93.4 cm³/mol. The van der Waals surface area contributed by atoms with Crippen molar-refractivity contribution in [1.82, 2.24) is 0 Å². The lowest BCUT2D eigenvalue weighted by molar-refractivity contribution is 0.0992. The molecule has 0 saturated heterocycles. The second-order valence-electron chi connectivity index (χ2n) is 5.18. The molecule has 0 N–H and O–H groups in total. The minimum Gasteiger partial charge on any atom is -0.294 e. The molecule has 0 unspecified atom stereocenters. The summed E-state index contributed by atoms with van der Waals surface area (Å²) in [6, 6.07) is 12.4. The molecule has 0 bridgehead atoms. The van der Waals surface area contributed by atoms with Crippen LogP contribution in [0.2, 0.25) is 0 Å². The number of hydrogen-bond acceptors (Lipinski definition) is 1. The number of ketones is 1. The Morgan fingerprint density at radius 2 is 1.90 bits per heavy atom. The van der Waals surface area contributed by atoms with Gasteiger partial charge in [0.25, 0.3) is 0 Å². The largest absolute Gasteiger partial charge is 0.294 e. The van der Waals surface area contributed by atoms with Crippen LogP contribution in [0.5, 0.6) is 0 Å². The third-order valence-corrected chi connectivity index (χ3v) is 5.12. The van der Waals surface area contributed by atoms with E-state index < -0.39 is 0 Å². The standard InChI is InChI=1S/C17H14BrIO/c18-16-7-6-14(19)10-15(16)17(20)9-11-4-5-12-2-1-3-13(12)8-11/h4-8,10H,1-3,9H2. The molecule has 1 aliphatic rings. The van der Waals surface area contributed by atoms with E-state index in [2.05, 4.69) is 56.7 Å². The summed E-state index contributed by atoms with van der Waals surface area (Å²) in [7, 11) is 0. The maximum Gasteiger partial charge on any atom is 0.168 e. The van der Waals surface area contributed by atoms with Gasteiger partial charge in [-0.3, -0.25) is 4.79 Å². The van der Waals surface area contributed by atoms with Gasteiger partial charge in [0.15, 0.2) is 5.78 Å². The van der Waals surface area contributed by atoms with Crippen LogP contribution >= 0.6 is 38.5 Å². The van der Waals surface area contributed by atoms with Crippen molar-refractivity contribution in [2.24, 2.45) is 0 Å². The monoisotopic (exact) mass is 440 g/mol. The van der Waals surface area contributed by atoms with E-state index in [0.717, 1.165) is 25.6 Å². The summed E-state index contributed by atoms with van der Waals surface area (Å²) in [5, 5.41) is 0. The minimum atomic E-state index is 0.174. The fourth-order valence-corrected chi connectivity index (χ4v) is 3.69. The lowest BCUT2D eigenvalue weighted by Gasteiger charge is -2.07. The maximum atomic E-state index is 12.5. The lowest BCUT2D eigenvalue weighted by Crippen LogP contribution is -2.05. The Balaban J connectivity index is 1.84. The Morgan fingerprint density at radius 1 is 1.10 bits per heavy atom. The van der Waals surface area contributed by atoms with Crippen LogP contribution in [0.25, 0.3) is 0 Å². The van der Waals surface area contributed by atoms with Crippen molar-refractivity contribution in [1.29, 1.82) is 0 Å². The normalized spacial score (nSPS) is 13.3. The van der Waals surface area contributed by atoms with Gasteiger partial charge in [0.1, 0.15) is 0 Å². The Morgan fingerprint density at radius 3 is 2.75 bits per heavy atom. The minimum absolute atomic E-state index is 0.174. The van der Waals surface area contributed by atoms with Crippen LogP contribution in [0.3, 0.4) is 0 Å². The Labute approximate surface area is 141 Å². The number of Topliss-reactive ketones (excluding diaryl/α,β-unsaturated/α-hetero) is 1. The van der Waals surface area contributed by atoms with E-state index in [0.29, 0.717) is 6.42 Å². The SMILES string of the molecule is O=C(Cc1ccc2c(c1)CCC2)c1cc(I)ccc1Br. The van der Waals surface area contributed by atoms with Crippen LogP contribution in [-0.4, -0.2) is 5.78 Å². The summed E-state index contributed by atoms with van der Waals surface area (Å²) in [6.45, 7) is 0. The number of aryl methyl sites for hydroxylation is 2. The Hall–Kier alpha value is -0.680. The van der Waals surface area contributed by atoms with Crippen molar-refractivity contribution in [3.63, 3.8) is 0 Å². The van der Waals surface area contributed by atoms with E-state index >= 15 is 0 Å². The van der Waals surface area contributed by atoms with Crippen LogP contribution in [0.4, 0.5) is 0 Å². The van der Waals surface area contributed by atoms with Gasteiger partial charge in [0.05, 0.1) is 0 Å². The number of fused-ring (bicyclic) bond motifs is 1. The van der Waals surface area contributed by atoms with Gasteiger partial charge < -0.3 is 0 Å². The molecule has 1 nitrogen and oxygen atoms in total. The van der Waals surface area contributed by atoms with E-state index in [-0.39, 0.29) is 5.78 Å². The highest BCUT2D eigenvalue weighted by Gasteiger charge is 2.14. The highest BCUT2D eigenvalue weighted by molar-refractivity contribution is 14.1. The zero-order valence-electron chi connectivity index (χ0n) is 11.0. The van der Waals surface area contributed by atoms with Gasteiger partial charge in [0.2, 0.25) is 0 Å². The Kier molecular flexibility index (Phi) is 4.26. The van der Waals surface area contributed by atoms with Gasteiger partial charge >= 0.3 is 0 Å². The number of benzene rings is 2. The molecular weight excluding hydrogens is 427 g/mol. The average Bonchev–Trinajstić information content (AvgIpc) is 2.89. The van der Waals surface area contributed by atoms with Crippen LogP contribution in [0.15, 0.2) is 40.9 Å². The van der Waals surface area contributed by atoms with Gasteiger partial charge in [-0.05, 0) is 76.7 Å². The van der Waals surface area contributed by atoms with E-state index in [4.69, 9.17) is 0 Å². The van der Waals surface area contributed by atoms with Crippen LogP contribution in [0, 0.1) is 3.57 Å². The predicted octanol–water partition coefficient (Wildman–Crippen LogP) is 4.97. The highest BCUT2D eigenvalue weighted by Crippen LogP contribution is 2.25. The molecule has 3 rings (SSSR count). The van der Waals surface area contributed by atoms with Crippen LogP contribution in [0.1, 0.15) is 33.5 Å². The molecule has 0 heterocycles. The molecule has 0 aliphatic heterocycles. The number of hydrogen-bond donors (Lipinski definition) is 0. The first-order valence-corrected chi connectivity index (χ1v) is 8.59. The van der Waals surface area contributed by atoms with Gasteiger partial charge in [-0.25, -0.2) is 0 Å². The first kappa shape index (κ1) is 14.3. The number of halogens is 2. The third kappa shape index (κ3) is 2.98. The number of rotatable bonds is 3. The van der Waals surface area contributed by atoms with Crippen LogP contribution in [-0.2, 0) is 19.3 Å². The zero-order chi connectivity index (χ0) is 14.1. The van der Waals surface area contributed by atoms with Gasteiger partial charge in [-0.2, -0.15) is 0 Å². The number of carbonyl (C=O) groups is 1. The highest BCUT2D eigenvalue weighted by atomic mass is 127. The summed E-state index contributed by atoms with van der Waals surface area (Å²) in [6.07, 6.45) is 4.07. The molecule has 0 fully saturated rings.